The number of fused-ring (bicyclic) bond motifs is 1. The van der Waals surface area contributed by atoms with Gasteiger partial charge in [-0.2, -0.15) is 0 Å². The molecule has 0 N–H and O–H groups in total. The van der Waals surface area contributed by atoms with Crippen LogP contribution in [-0.2, 0) is 10.5 Å². The van der Waals surface area contributed by atoms with Gasteiger partial charge in [0.05, 0.1) is 5.75 Å². The van der Waals surface area contributed by atoms with Crippen LogP contribution in [0.5, 0.6) is 0 Å². The first-order valence-electron chi connectivity index (χ1n) is 9.06. The lowest BCUT2D eigenvalue weighted by Crippen LogP contribution is -2.49. The minimum atomic E-state index is 0.235. The minimum Gasteiger partial charge on any atom is -0.344 e. The molecule has 4 rings (SSSR count). The fourth-order valence-electron chi connectivity index (χ4n) is 3.19. The van der Waals surface area contributed by atoms with Crippen molar-refractivity contribution in [1.29, 1.82) is 0 Å². The monoisotopic (exact) mass is 398 g/mol. The predicted molar refractivity (Wildman–Crippen MR) is 114 cm³/mol. The Balaban J connectivity index is 1.26. The molecule has 0 bridgehead atoms. The van der Waals surface area contributed by atoms with Crippen molar-refractivity contribution in [2.45, 2.75) is 12.7 Å². The van der Waals surface area contributed by atoms with Crippen molar-refractivity contribution in [3.05, 3.63) is 53.7 Å². The lowest BCUT2D eigenvalue weighted by Gasteiger charge is -2.34. The number of aromatic nitrogens is 2. The van der Waals surface area contributed by atoms with Gasteiger partial charge in [-0.25, -0.2) is 9.97 Å². The molecule has 0 atom stereocenters. The zero-order chi connectivity index (χ0) is 18.6. The Morgan fingerprint density at radius 3 is 2.81 bits per heavy atom. The summed E-state index contributed by atoms with van der Waals surface area (Å²) in [5, 5.41) is 1.00. The highest BCUT2D eigenvalue weighted by Gasteiger charge is 2.23. The van der Waals surface area contributed by atoms with Gasteiger partial charge in [-0.15, -0.1) is 11.8 Å². The molecular formula is C20H22N4OS2. The van der Waals surface area contributed by atoms with E-state index in [9.17, 15) is 4.79 Å². The fraction of sp³-hybridized carbons (Fsp3) is 0.350. The topological polar surface area (TPSA) is 49.3 Å². The van der Waals surface area contributed by atoms with Gasteiger partial charge in [0.1, 0.15) is 10.3 Å². The molecule has 5 nitrogen and oxygen atoms in total. The summed E-state index contributed by atoms with van der Waals surface area (Å²) in [7, 11) is 0. The second kappa shape index (κ2) is 8.27. The average Bonchev–Trinajstić information content (AvgIpc) is 3.12. The van der Waals surface area contributed by atoms with Crippen LogP contribution in [0.1, 0.15) is 11.1 Å². The van der Waals surface area contributed by atoms with Crippen molar-refractivity contribution in [3.63, 3.8) is 0 Å². The Morgan fingerprint density at radius 1 is 1.19 bits per heavy atom. The molecule has 1 amide bonds. The normalized spacial score (nSPS) is 14.7. The summed E-state index contributed by atoms with van der Waals surface area (Å²) < 4.78 is 0. The number of thiazole rings is 1. The van der Waals surface area contributed by atoms with E-state index in [4.69, 9.17) is 0 Å². The quantitative estimate of drug-likeness (QED) is 0.657. The molecule has 3 heterocycles. The first-order valence-corrected chi connectivity index (χ1v) is 11.0. The molecule has 2 aromatic heterocycles. The molecule has 0 spiro atoms. The van der Waals surface area contributed by atoms with E-state index >= 15 is 0 Å². The fourth-order valence-corrected chi connectivity index (χ4v) is 5.03. The molecular weight excluding hydrogens is 376 g/mol. The molecule has 0 radical (unpaired) electrons. The van der Waals surface area contributed by atoms with Gasteiger partial charge < -0.3 is 9.80 Å². The van der Waals surface area contributed by atoms with Crippen molar-refractivity contribution in [3.8, 4) is 0 Å². The Kier molecular flexibility index (Phi) is 5.59. The van der Waals surface area contributed by atoms with Gasteiger partial charge >= 0.3 is 0 Å². The molecule has 7 heteroatoms. The molecule has 0 aliphatic carbocycles. The van der Waals surface area contributed by atoms with Crippen molar-refractivity contribution >= 4 is 44.5 Å². The summed E-state index contributed by atoms with van der Waals surface area (Å²) in [6, 6.07) is 12.4. The maximum Gasteiger partial charge on any atom is 0.232 e. The Hall–Kier alpha value is -2.12. The summed E-state index contributed by atoms with van der Waals surface area (Å²) in [6.45, 7) is 5.27. The van der Waals surface area contributed by atoms with Crippen LogP contribution >= 0.6 is 23.1 Å². The van der Waals surface area contributed by atoms with E-state index in [1.165, 1.54) is 11.1 Å². The molecule has 1 aliphatic rings. The summed E-state index contributed by atoms with van der Waals surface area (Å²) in [4.78, 5) is 26.7. The van der Waals surface area contributed by atoms with Crippen molar-refractivity contribution in [2.24, 2.45) is 0 Å². The number of nitrogens with zero attached hydrogens (tertiary/aromatic N) is 4. The van der Waals surface area contributed by atoms with E-state index in [1.807, 2.05) is 17.0 Å². The number of anilines is 1. The number of benzene rings is 1. The van der Waals surface area contributed by atoms with Crippen molar-refractivity contribution in [1.82, 2.24) is 14.9 Å². The van der Waals surface area contributed by atoms with Crippen LogP contribution in [0.25, 0.3) is 10.3 Å². The largest absolute Gasteiger partial charge is 0.344 e. The SMILES string of the molecule is Cc1cccc(CSCC(=O)N2CCN(c3nc4cccnc4s3)CC2)c1. The Labute approximate surface area is 167 Å². The first-order chi connectivity index (χ1) is 13.2. The number of carbonyl (C=O) groups is 1. The highest BCUT2D eigenvalue weighted by Crippen LogP contribution is 2.27. The number of amides is 1. The molecule has 27 heavy (non-hydrogen) atoms. The second-order valence-electron chi connectivity index (χ2n) is 6.67. The summed E-state index contributed by atoms with van der Waals surface area (Å²) in [5.41, 5.74) is 3.49. The van der Waals surface area contributed by atoms with Crippen LogP contribution in [-0.4, -0.2) is 52.7 Å². The van der Waals surface area contributed by atoms with Gasteiger partial charge in [0.25, 0.3) is 0 Å². The second-order valence-corrected chi connectivity index (χ2v) is 8.62. The smallest absolute Gasteiger partial charge is 0.232 e. The van der Waals surface area contributed by atoms with Gasteiger partial charge in [-0.1, -0.05) is 41.2 Å². The molecule has 1 aliphatic heterocycles. The van der Waals surface area contributed by atoms with Crippen LogP contribution in [0.3, 0.4) is 0 Å². The number of thioether (sulfide) groups is 1. The maximum atomic E-state index is 12.5. The van der Waals surface area contributed by atoms with Crippen LogP contribution < -0.4 is 4.90 Å². The third kappa shape index (κ3) is 4.42. The lowest BCUT2D eigenvalue weighted by molar-refractivity contribution is -0.128. The third-order valence-electron chi connectivity index (χ3n) is 4.63. The number of hydrogen-bond donors (Lipinski definition) is 0. The number of piperazine rings is 1. The number of hydrogen-bond acceptors (Lipinski definition) is 6. The van der Waals surface area contributed by atoms with Gasteiger partial charge in [0.2, 0.25) is 5.91 Å². The molecule has 0 unspecified atom stereocenters. The van der Waals surface area contributed by atoms with Crippen LogP contribution in [0.4, 0.5) is 5.13 Å². The van der Waals surface area contributed by atoms with E-state index in [0.717, 1.165) is 47.4 Å². The predicted octanol–water partition coefficient (Wildman–Crippen LogP) is 3.58. The minimum absolute atomic E-state index is 0.235. The number of rotatable bonds is 5. The first kappa shape index (κ1) is 18.3. The van der Waals surface area contributed by atoms with E-state index in [-0.39, 0.29) is 5.91 Å². The van der Waals surface area contributed by atoms with Gasteiger partial charge in [-0.05, 0) is 24.6 Å². The van der Waals surface area contributed by atoms with Crippen molar-refractivity contribution in [2.75, 3.05) is 36.8 Å². The zero-order valence-corrected chi connectivity index (χ0v) is 16.9. The lowest BCUT2D eigenvalue weighted by atomic mass is 10.2. The Morgan fingerprint density at radius 2 is 2.04 bits per heavy atom. The van der Waals surface area contributed by atoms with E-state index < -0.39 is 0 Å². The van der Waals surface area contributed by atoms with E-state index in [1.54, 1.807) is 29.3 Å². The highest BCUT2D eigenvalue weighted by molar-refractivity contribution is 7.99. The third-order valence-corrected chi connectivity index (χ3v) is 6.66. The number of carbonyl (C=O) groups excluding carboxylic acids is 1. The highest BCUT2D eigenvalue weighted by atomic mass is 32.2. The van der Waals surface area contributed by atoms with E-state index in [0.29, 0.717) is 5.75 Å². The number of pyridine rings is 1. The molecule has 1 aromatic carbocycles. The average molecular weight is 399 g/mol. The molecule has 3 aromatic rings. The standard InChI is InChI=1S/C20H22N4OS2/c1-15-4-2-5-16(12-15)13-26-14-18(25)23-8-10-24(11-9-23)20-22-17-6-3-7-21-19(17)27-20/h2-7,12H,8-11,13-14H2,1H3. The van der Waals surface area contributed by atoms with Gasteiger partial charge in [0.15, 0.2) is 5.13 Å². The zero-order valence-electron chi connectivity index (χ0n) is 15.3. The summed E-state index contributed by atoms with van der Waals surface area (Å²) in [5.74, 6) is 1.66. The van der Waals surface area contributed by atoms with Crippen LogP contribution in [0.15, 0.2) is 42.6 Å². The molecule has 0 saturated carbocycles. The molecule has 1 fully saturated rings. The van der Waals surface area contributed by atoms with Crippen molar-refractivity contribution < 1.29 is 4.79 Å². The van der Waals surface area contributed by atoms with Gasteiger partial charge in [0, 0.05) is 38.1 Å². The van der Waals surface area contributed by atoms with Gasteiger partial charge in [-0.3, -0.25) is 4.79 Å². The summed E-state index contributed by atoms with van der Waals surface area (Å²) >= 11 is 3.32. The van der Waals surface area contributed by atoms with E-state index in [2.05, 4.69) is 46.1 Å². The summed E-state index contributed by atoms with van der Waals surface area (Å²) in [6.07, 6.45) is 1.80. The number of aryl methyl sites for hydroxylation is 1. The molecule has 1 saturated heterocycles. The van der Waals surface area contributed by atoms with Crippen LogP contribution in [0.2, 0.25) is 0 Å². The maximum absolute atomic E-state index is 12.5. The molecule has 140 valence electrons. The van der Waals surface area contributed by atoms with Crippen LogP contribution in [0, 0.1) is 6.92 Å². The Bertz CT molecular complexity index is 901.